The zero-order valence-corrected chi connectivity index (χ0v) is 9.31. The Morgan fingerprint density at radius 1 is 0.400 bits per heavy atom. The summed E-state index contributed by atoms with van der Waals surface area (Å²) in [6.45, 7) is 0. The van der Waals surface area contributed by atoms with E-state index in [0.29, 0.717) is 0 Å². The Kier molecular flexibility index (Phi) is 0.946. The number of hydrogen-bond donors (Lipinski definition) is 0. The van der Waals surface area contributed by atoms with Crippen LogP contribution in [0.2, 0.25) is 0 Å². The van der Waals surface area contributed by atoms with Crippen molar-refractivity contribution in [3.05, 3.63) is 0 Å². The highest BCUT2D eigenvalue weighted by molar-refractivity contribution is 5.20. The molecule has 6 unspecified atom stereocenters. The Bertz CT molecular complexity index is 329. The minimum absolute atomic E-state index is 1.23. The number of hydrogen-bond acceptors (Lipinski definition) is 0. The minimum atomic E-state index is 1.23. The van der Waals surface area contributed by atoms with E-state index in [9.17, 15) is 0 Å². The molecule has 0 aromatic carbocycles. The number of rotatable bonds is 0. The van der Waals surface area contributed by atoms with Crippen molar-refractivity contribution in [3.63, 3.8) is 0 Å². The first-order valence-corrected chi connectivity index (χ1v) is 7.42. The molecule has 0 heteroatoms. The van der Waals surface area contributed by atoms with Crippen LogP contribution in [0.1, 0.15) is 32.1 Å². The zero-order chi connectivity index (χ0) is 9.31. The summed E-state index contributed by atoms with van der Waals surface area (Å²) in [5, 5.41) is 0. The standard InChI is InChI=1S/C15H20/c1-6-2-11-9-4-8-5-10(14(8)9)12-3-7(1)13(6)15(11)12/h6-15H,1-5H2. The molecule has 0 spiro atoms. The van der Waals surface area contributed by atoms with Crippen molar-refractivity contribution in [2.24, 2.45) is 59.2 Å². The van der Waals surface area contributed by atoms with Crippen molar-refractivity contribution in [1.82, 2.24) is 0 Å². The predicted molar refractivity (Wildman–Crippen MR) is 58.0 cm³/mol. The predicted octanol–water partition coefficient (Wildman–Crippen LogP) is 3.18. The maximum absolute atomic E-state index is 1.68. The summed E-state index contributed by atoms with van der Waals surface area (Å²) in [7, 11) is 0. The van der Waals surface area contributed by atoms with Gasteiger partial charge in [-0.25, -0.2) is 0 Å². The van der Waals surface area contributed by atoms with Crippen molar-refractivity contribution in [2.75, 3.05) is 0 Å². The van der Waals surface area contributed by atoms with Crippen molar-refractivity contribution in [3.8, 4) is 0 Å². The van der Waals surface area contributed by atoms with Gasteiger partial charge in [0.15, 0.2) is 0 Å². The lowest BCUT2D eigenvalue weighted by Crippen LogP contribution is -2.61. The lowest BCUT2D eigenvalue weighted by atomic mass is 9.38. The summed E-state index contributed by atoms with van der Waals surface area (Å²) in [5.74, 6) is 12.5. The molecule has 15 heavy (non-hydrogen) atoms. The minimum Gasteiger partial charge on any atom is -0.0470 e. The Hall–Kier alpha value is 0. The maximum atomic E-state index is 1.68. The smallest absolute Gasteiger partial charge is 0.0318 e. The van der Waals surface area contributed by atoms with Crippen LogP contribution < -0.4 is 0 Å². The van der Waals surface area contributed by atoms with Crippen LogP contribution in [0.15, 0.2) is 0 Å². The van der Waals surface area contributed by atoms with E-state index in [1.54, 1.807) is 32.1 Å². The van der Waals surface area contributed by atoms with E-state index in [0.717, 1.165) is 0 Å². The highest BCUT2D eigenvalue weighted by Crippen LogP contribution is 2.78. The van der Waals surface area contributed by atoms with Gasteiger partial charge >= 0.3 is 0 Å². The molecule has 6 saturated carbocycles. The Morgan fingerprint density at radius 2 is 0.867 bits per heavy atom. The molecule has 0 amide bonds. The number of fused-ring (bicyclic) bond motifs is 2. The average molecular weight is 200 g/mol. The first-order valence-electron chi connectivity index (χ1n) is 7.42. The van der Waals surface area contributed by atoms with Crippen LogP contribution in [0.25, 0.3) is 0 Å². The van der Waals surface area contributed by atoms with Gasteiger partial charge < -0.3 is 0 Å². The largest absolute Gasteiger partial charge is 0.0470 e. The van der Waals surface area contributed by atoms with Gasteiger partial charge in [0.2, 0.25) is 0 Å². The molecule has 6 rings (SSSR count). The fourth-order valence-corrected chi connectivity index (χ4v) is 7.82. The van der Waals surface area contributed by atoms with Gasteiger partial charge in [-0.1, -0.05) is 0 Å². The highest BCUT2D eigenvalue weighted by Gasteiger charge is 2.72. The lowest BCUT2D eigenvalue weighted by Gasteiger charge is -2.67. The van der Waals surface area contributed by atoms with E-state index in [1.165, 1.54) is 59.2 Å². The van der Waals surface area contributed by atoms with Crippen LogP contribution in [0.5, 0.6) is 0 Å². The van der Waals surface area contributed by atoms with Gasteiger partial charge in [0.1, 0.15) is 0 Å². The molecule has 6 atom stereocenters. The van der Waals surface area contributed by atoms with Crippen LogP contribution in [-0.4, -0.2) is 0 Å². The molecule has 0 aliphatic heterocycles. The molecule has 0 bridgehead atoms. The van der Waals surface area contributed by atoms with Gasteiger partial charge in [0, 0.05) is 0 Å². The van der Waals surface area contributed by atoms with Crippen LogP contribution in [-0.2, 0) is 0 Å². The molecule has 80 valence electrons. The maximum Gasteiger partial charge on any atom is -0.0318 e. The first kappa shape index (κ1) is 7.35. The molecule has 0 saturated heterocycles. The Balaban J connectivity index is 1.53. The van der Waals surface area contributed by atoms with Crippen molar-refractivity contribution >= 4 is 0 Å². The summed E-state index contributed by atoms with van der Waals surface area (Å²) in [4.78, 5) is 0. The third-order valence-corrected chi connectivity index (χ3v) is 8.06. The molecule has 6 aliphatic carbocycles. The molecular weight excluding hydrogens is 180 g/mol. The summed E-state index contributed by atoms with van der Waals surface area (Å²) in [5.41, 5.74) is 0. The van der Waals surface area contributed by atoms with Gasteiger partial charge in [-0.15, -0.1) is 0 Å². The van der Waals surface area contributed by atoms with Crippen LogP contribution in [0.3, 0.4) is 0 Å². The second-order valence-corrected chi connectivity index (χ2v) is 7.85. The molecule has 0 aromatic rings. The second kappa shape index (κ2) is 1.93. The van der Waals surface area contributed by atoms with E-state index < -0.39 is 0 Å². The third-order valence-electron chi connectivity index (χ3n) is 8.06. The van der Waals surface area contributed by atoms with Crippen LogP contribution in [0.4, 0.5) is 0 Å². The molecule has 0 heterocycles. The van der Waals surface area contributed by atoms with E-state index in [1.807, 2.05) is 0 Å². The monoisotopic (exact) mass is 200 g/mol. The van der Waals surface area contributed by atoms with Crippen molar-refractivity contribution in [1.29, 1.82) is 0 Å². The fraction of sp³-hybridized carbons (Fsp3) is 1.00. The molecule has 0 nitrogen and oxygen atoms in total. The van der Waals surface area contributed by atoms with Crippen molar-refractivity contribution < 1.29 is 0 Å². The molecule has 0 radical (unpaired) electrons. The molecular formula is C15H20. The van der Waals surface area contributed by atoms with Gasteiger partial charge in [-0.2, -0.15) is 0 Å². The van der Waals surface area contributed by atoms with Gasteiger partial charge in [0.05, 0.1) is 0 Å². The Morgan fingerprint density at radius 3 is 1.40 bits per heavy atom. The molecule has 0 N–H and O–H groups in total. The van der Waals surface area contributed by atoms with Gasteiger partial charge in [-0.3, -0.25) is 0 Å². The average Bonchev–Trinajstić information content (AvgIpc) is 2.55. The highest BCUT2D eigenvalue weighted by atomic mass is 14.8. The van der Waals surface area contributed by atoms with Gasteiger partial charge in [-0.05, 0) is 91.3 Å². The van der Waals surface area contributed by atoms with E-state index in [-0.39, 0.29) is 0 Å². The summed E-state index contributed by atoms with van der Waals surface area (Å²) in [6.07, 6.45) is 8.35. The van der Waals surface area contributed by atoms with Crippen LogP contribution in [0, 0.1) is 59.2 Å². The summed E-state index contributed by atoms with van der Waals surface area (Å²) < 4.78 is 0. The third kappa shape index (κ3) is 0.560. The summed E-state index contributed by atoms with van der Waals surface area (Å²) in [6, 6.07) is 0. The van der Waals surface area contributed by atoms with Crippen molar-refractivity contribution in [2.45, 2.75) is 32.1 Å². The summed E-state index contributed by atoms with van der Waals surface area (Å²) >= 11 is 0. The fourth-order valence-electron chi connectivity index (χ4n) is 7.82. The van der Waals surface area contributed by atoms with Gasteiger partial charge in [0.25, 0.3) is 0 Å². The quantitative estimate of drug-likeness (QED) is 0.563. The zero-order valence-electron chi connectivity index (χ0n) is 9.31. The first-order chi connectivity index (χ1) is 7.42. The normalized spacial score (nSPS) is 80.0. The SMILES string of the molecule is C1C2CC3C4CC5CC(C6CC1C2C36)C54. The molecule has 0 aromatic heterocycles. The molecule has 6 fully saturated rings. The topological polar surface area (TPSA) is 0 Å². The van der Waals surface area contributed by atoms with E-state index in [4.69, 9.17) is 0 Å². The second-order valence-electron chi connectivity index (χ2n) is 7.85. The molecule has 6 aliphatic rings. The lowest BCUT2D eigenvalue weighted by molar-refractivity contribution is -0.189. The van der Waals surface area contributed by atoms with E-state index >= 15 is 0 Å². The van der Waals surface area contributed by atoms with E-state index in [2.05, 4.69) is 0 Å². The van der Waals surface area contributed by atoms with Crippen LogP contribution >= 0.6 is 0 Å². The Labute approximate surface area is 91.8 Å².